The van der Waals surface area contributed by atoms with Crippen molar-refractivity contribution in [2.75, 3.05) is 12.3 Å². The Morgan fingerprint density at radius 2 is 1.92 bits per heavy atom. The molecule has 1 aliphatic rings. The smallest absolute Gasteiger partial charge is 0.0436 e. The van der Waals surface area contributed by atoms with Crippen LogP contribution < -0.4 is 11.1 Å². The van der Waals surface area contributed by atoms with E-state index >= 15 is 0 Å². The maximum absolute atomic E-state index is 5.64. The molecule has 0 atom stereocenters. The fraction of sp³-hybridized carbons (Fsp3) is 0.455. The lowest BCUT2D eigenvalue weighted by molar-refractivity contribution is 0.539. The number of rotatable bonds is 3. The highest BCUT2D eigenvalue weighted by atomic mass is 15.0. The highest BCUT2D eigenvalue weighted by molar-refractivity contribution is 5.42. The highest BCUT2D eigenvalue weighted by Gasteiger charge is 2.43. The van der Waals surface area contributed by atoms with E-state index in [0.717, 1.165) is 12.2 Å². The van der Waals surface area contributed by atoms with Crippen LogP contribution in [0.5, 0.6) is 0 Å². The molecule has 0 heterocycles. The summed E-state index contributed by atoms with van der Waals surface area (Å²) in [7, 11) is 0. The Hall–Kier alpha value is -1.02. The third-order valence-electron chi connectivity index (χ3n) is 2.73. The van der Waals surface area contributed by atoms with E-state index in [1.54, 1.807) is 0 Å². The van der Waals surface area contributed by atoms with Crippen molar-refractivity contribution >= 4 is 5.69 Å². The Bertz CT molecular complexity index is 285. The summed E-state index contributed by atoms with van der Waals surface area (Å²) in [6.07, 6.45) is 2.51. The minimum Gasteiger partial charge on any atom is -0.399 e. The Kier molecular flexibility index (Phi) is 2.00. The first kappa shape index (κ1) is 8.57. The summed E-state index contributed by atoms with van der Waals surface area (Å²) in [6.45, 7) is 3.18. The minimum atomic E-state index is 0.280. The van der Waals surface area contributed by atoms with E-state index in [1.165, 1.54) is 18.4 Å². The zero-order chi connectivity index (χ0) is 9.31. The zero-order valence-corrected chi connectivity index (χ0v) is 8.01. The number of nitrogens with one attached hydrogen (secondary N) is 1. The van der Waals surface area contributed by atoms with Gasteiger partial charge in [-0.2, -0.15) is 0 Å². The van der Waals surface area contributed by atoms with Crippen molar-refractivity contribution in [1.29, 1.82) is 0 Å². The van der Waals surface area contributed by atoms with Crippen LogP contribution in [0, 0.1) is 0 Å². The standard InChI is InChI=1S/C11H16N2/c1-2-13-11(7-8-11)9-3-5-10(12)6-4-9/h3-6,13H,2,7-8,12H2,1H3. The third-order valence-corrected chi connectivity index (χ3v) is 2.73. The van der Waals surface area contributed by atoms with Crippen molar-refractivity contribution in [2.24, 2.45) is 0 Å². The summed E-state index contributed by atoms with van der Waals surface area (Å²) >= 11 is 0. The average molecular weight is 176 g/mol. The summed E-state index contributed by atoms with van der Waals surface area (Å²) in [6, 6.07) is 8.22. The lowest BCUT2D eigenvalue weighted by Gasteiger charge is -2.16. The van der Waals surface area contributed by atoms with Gasteiger partial charge in [0.25, 0.3) is 0 Å². The number of anilines is 1. The maximum Gasteiger partial charge on any atom is 0.0436 e. The topological polar surface area (TPSA) is 38.0 Å². The van der Waals surface area contributed by atoms with Crippen LogP contribution in [0.25, 0.3) is 0 Å². The van der Waals surface area contributed by atoms with E-state index in [2.05, 4.69) is 24.4 Å². The lowest BCUT2D eigenvalue weighted by atomic mass is 10.0. The monoisotopic (exact) mass is 176 g/mol. The second-order valence-electron chi connectivity index (χ2n) is 3.73. The molecule has 1 aromatic rings. The molecule has 3 N–H and O–H groups in total. The lowest BCUT2D eigenvalue weighted by Crippen LogP contribution is -2.28. The highest BCUT2D eigenvalue weighted by Crippen LogP contribution is 2.45. The molecule has 0 bridgehead atoms. The Morgan fingerprint density at radius 1 is 1.31 bits per heavy atom. The van der Waals surface area contributed by atoms with Gasteiger partial charge in [-0.3, -0.25) is 0 Å². The Labute approximate surface area is 79.1 Å². The number of hydrogen-bond donors (Lipinski definition) is 2. The maximum atomic E-state index is 5.64. The summed E-state index contributed by atoms with van der Waals surface area (Å²) in [4.78, 5) is 0. The summed E-state index contributed by atoms with van der Waals surface area (Å²) in [5.74, 6) is 0. The molecule has 0 spiro atoms. The van der Waals surface area contributed by atoms with Gasteiger partial charge in [0.05, 0.1) is 0 Å². The molecule has 0 amide bonds. The molecule has 0 saturated heterocycles. The van der Waals surface area contributed by atoms with Gasteiger partial charge >= 0.3 is 0 Å². The normalized spacial score (nSPS) is 18.5. The van der Waals surface area contributed by atoms with Crippen molar-refractivity contribution in [3.8, 4) is 0 Å². The van der Waals surface area contributed by atoms with E-state index in [-0.39, 0.29) is 5.54 Å². The molecule has 2 nitrogen and oxygen atoms in total. The largest absolute Gasteiger partial charge is 0.399 e. The molecule has 2 heteroatoms. The SMILES string of the molecule is CCNC1(c2ccc(N)cc2)CC1. The molecular formula is C11H16N2. The van der Waals surface area contributed by atoms with Crippen LogP contribution in [-0.4, -0.2) is 6.54 Å². The number of benzene rings is 1. The van der Waals surface area contributed by atoms with E-state index in [4.69, 9.17) is 5.73 Å². The van der Waals surface area contributed by atoms with E-state index in [0.29, 0.717) is 0 Å². The van der Waals surface area contributed by atoms with Crippen molar-refractivity contribution < 1.29 is 0 Å². The number of nitrogen functional groups attached to an aromatic ring is 1. The Balaban J connectivity index is 2.20. The molecule has 2 rings (SSSR count). The van der Waals surface area contributed by atoms with Crippen molar-refractivity contribution in [3.63, 3.8) is 0 Å². The summed E-state index contributed by atoms with van der Waals surface area (Å²) in [5, 5.41) is 3.53. The second-order valence-corrected chi connectivity index (χ2v) is 3.73. The molecule has 0 unspecified atom stereocenters. The number of nitrogens with two attached hydrogens (primary N) is 1. The van der Waals surface area contributed by atoms with Gasteiger partial charge in [0.1, 0.15) is 0 Å². The fourth-order valence-electron chi connectivity index (χ4n) is 1.83. The van der Waals surface area contributed by atoms with Gasteiger partial charge < -0.3 is 11.1 Å². The summed E-state index contributed by atoms with van der Waals surface area (Å²) in [5.41, 5.74) is 8.15. The van der Waals surface area contributed by atoms with Crippen LogP contribution in [0.2, 0.25) is 0 Å². The predicted octanol–water partition coefficient (Wildman–Crippen LogP) is 1.87. The first-order valence-corrected chi connectivity index (χ1v) is 4.88. The average Bonchev–Trinajstić information content (AvgIpc) is 2.87. The van der Waals surface area contributed by atoms with Crippen LogP contribution in [0.1, 0.15) is 25.3 Å². The molecule has 1 saturated carbocycles. The fourth-order valence-corrected chi connectivity index (χ4v) is 1.83. The van der Waals surface area contributed by atoms with Crippen LogP contribution in [0.4, 0.5) is 5.69 Å². The van der Waals surface area contributed by atoms with E-state index in [9.17, 15) is 0 Å². The van der Waals surface area contributed by atoms with Crippen LogP contribution in [-0.2, 0) is 5.54 Å². The third kappa shape index (κ3) is 1.54. The summed E-state index contributed by atoms with van der Waals surface area (Å²) < 4.78 is 0. The molecular weight excluding hydrogens is 160 g/mol. The van der Waals surface area contributed by atoms with Crippen LogP contribution in [0.3, 0.4) is 0 Å². The second kappa shape index (κ2) is 3.04. The first-order valence-electron chi connectivity index (χ1n) is 4.88. The van der Waals surface area contributed by atoms with Crippen LogP contribution >= 0.6 is 0 Å². The number of hydrogen-bond acceptors (Lipinski definition) is 2. The molecule has 0 radical (unpaired) electrons. The van der Waals surface area contributed by atoms with E-state index < -0.39 is 0 Å². The Morgan fingerprint density at radius 3 is 2.38 bits per heavy atom. The quantitative estimate of drug-likeness (QED) is 0.690. The first-order chi connectivity index (χ1) is 6.27. The molecule has 0 aliphatic heterocycles. The zero-order valence-electron chi connectivity index (χ0n) is 8.01. The van der Waals surface area contributed by atoms with Crippen molar-refractivity contribution in [2.45, 2.75) is 25.3 Å². The molecule has 1 fully saturated rings. The van der Waals surface area contributed by atoms with Gasteiger partial charge in [-0.15, -0.1) is 0 Å². The van der Waals surface area contributed by atoms with Crippen LogP contribution in [0.15, 0.2) is 24.3 Å². The van der Waals surface area contributed by atoms with Gasteiger partial charge in [-0.25, -0.2) is 0 Å². The molecule has 1 aromatic carbocycles. The van der Waals surface area contributed by atoms with Crippen molar-refractivity contribution in [1.82, 2.24) is 5.32 Å². The van der Waals surface area contributed by atoms with Gasteiger partial charge in [0, 0.05) is 11.2 Å². The van der Waals surface area contributed by atoms with E-state index in [1.807, 2.05) is 12.1 Å². The van der Waals surface area contributed by atoms with Gasteiger partial charge in [0.15, 0.2) is 0 Å². The van der Waals surface area contributed by atoms with Gasteiger partial charge in [-0.05, 0) is 37.1 Å². The van der Waals surface area contributed by atoms with Gasteiger partial charge in [-0.1, -0.05) is 19.1 Å². The molecule has 0 aromatic heterocycles. The molecule has 70 valence electrons. The van der Waals surface area contributed by atoms with Crippen molar-refractivity contribution in [3.05, 3.63) is 29.8 Å². The molecule has 13 heavy (non-hydrogen) atoms. The predicted molar refractivity (Wildman–Crippen MR) is 55.4 cm³/mol. The van der Waals surface area contributed by atoms with Gasteiger partial charge in [0.2, 0.25) is 0 Å². The minimum absolute atomic E-state index is 0.280. The molecule has 1 aliphatic carbocycles.